The zero-order valence-electron chi connectivity index (χ0n) is 79.1. The molecule has 0 aliphatic heterocycles. The van der Waals surface area contributed by atoms with E-state index in [1.165, 1.54) is 81.6 Å². The molecule has 0 bridgehead atoms. The number of benzene rings is 4. The Morgan fingerprint density at radius 1 is 0.345 bits per heavy atom. The van der Waals surface area contributed by atoms with Crippen LogP contribution >= 0.6 is 0 Å². The van der Waals surface area contributed by atoms with Crippen LogP contribution in [0, 0.1) is 48.3 Å². The second-order valence-corrected chi connectivity index (χ2v) is 33.7. The molecule has 3 saturated carbocycles. The van der Waals surface area contributed by atoms with Gasteiger partial charge in [0, 0.05) is 123 Å². The van der Waals surface area contributed by atoms with Crippen molar-refractivity contribution in [3.8, 4) is 45.0 Å². The van der Waals surface area contributed by atoms with Crippen molar-refractivity contribution in [1.82, 2.24) is 19.9 Å². The fraction of sp³-hybridized carbons (Fsp3) is 0.385. The Labute approximate surface area is 696 Å². The molecule has 0 radical (unpaired) electrons. The largest absolute Gasteiger partial charge is 0.437 e. The molecule has 3 aliphatic rings. The van der Waals surface area contributed by atoms with E-state index in [1.807, 2.05) is 55.3 Å². The molecule has 12 nitrogen and oxygen atoms in total. The standard InChI is InChI=1S/2C27H31N2O.C26H29N2O.C24H27N2O/c1-16(2)23-13-12-21-20-11-10-17(3)25(26(20)30-27(21)28-23)24-14-22(18(4)15-29(24)5)19-8-6-7-9-19;1-16(2)23-13-12-21-20-11-10-17(3)25(26(20)30-27(21)28-23)24-14-18(4)22(15-29(24)5)19-8-6-7-9-19;1-5-19-11-13-21-20-12-10-16(2)24(25(20)29-26(21)27-19)23-14-22(17(3)15-28(23)4)18-8-6-7-9-18;1-6-16-13-21(26(5)14-17(16)7-2)22-15(4)9-11-19-20-12-10-18(8-3)25-24(20)27-23(19)22/h2*10-16,19H,6-9H2,1-5H3;10-15,18H,5-9H2,1-4H3;9-14H,6-8H2,1-5H3/q4*+1/i4D3,19D;;3D3,18D;. The molecular weight excluding hydrogens is 1430 g/mol. The summed E-state index contributed by atoms with van der Waals surface area (Å²) < 4.78 is 101. The van der Waals surface area contributed by atoms with Crippen molar-refractivity contribution >= 4 is 88.3 Å². The summed E-state index contributed by atoms with van der Waals surface area (Å²) in [6, 6.07) is 42.3. The van der Waals surface area contributed by atoms with E-state index < -0.39 is 25.5 Å². The van der Waals surface area contributed by atoms with Gasteiger partial charge in [0.05, 0.1) is 22.3 Å². The van der Waals surface area contributed by atoms with E-state index in [0.29, 0.717) is 66.0 Å². The normalized spacial score (nSPS) is 16.1. The average Bonchev–Trinajstić information content (AvgIpc) is 1.45. The summed E-state index contributed by atoms with van der Waals surface area (Å²) in [4.78, 5) is 19.0. The zero-order chi connectivity index (χ0) is 88.1. The maximum Gasteiger partial charge on any atom is 0.227 e. The average molecular weight is 1550 g/mol. The molecule has 0 amide bonds. The van der Waals surface area contributed by atoms with Crippen molar-refractivity contribution in [3.63, 3.8) is 0 Å². The SMILES string of the molecule is CCc1ccc2c(n1)oc1c(-c3cc(CC)c(CC)c[n+]3C)c(C)ccc12.Cc1cc(-c2c(C)ccc3c2oc2nc(C(C)C)ccc23)[n+](C)cc1C1CCCC1.[2H]C([2H])([2H])c1c[n+](C)c(-c2c(C)ccc3c2oc2nc(C(C)C)ccc23)cc1C1([2H])CCCC1.[2H]C([2H])([2H])c1c[n+](C)c(-c2c(C)ccc3c2oc2nc(CC)ccc23)cc1C1([2H])CCCC1. The van der Waals surface area contributed by atoms with E-state index in [4.69, 9.17) is 43.6 Å². The number of rotatable bonds is 13. The molecule has 0 saturated heterocycles. The van der Waals surface area contributed by atoms with E-state index in [0.717, 1.165) is 185 Å². The highest BCUT2D eigenvalue weighted by Gasteiger charge is 2.32. The van der Waals surface area contributed by atoms with E-state index >= 15 is 0 Å². The number of nitrogens with zero attached hydrogens (tertiary/aromatic N) is 8. The van der Waals surface area contributed by atoms with Gasteiger partial charge in [0.15, 0.2) is 47.1 Å². The molecule has 12 heteroatoms. The summed E-state index contributed by atoms with van der Waals surface area (Å²) in [5.74, 6) is -0.360. The number of hydrogen-bond acceptors (Lipinski definition) is 8. The molecule has 0 atom stereocenters. The summed E-state index contributed by atoms with van der Waals surface area (Å²) in [6.45, 7) is 23.3. The van der Waals surface area contributed by atoms with Gasteiger partial charge < -0.3 is 17.7 Å². The first kappa shape index (κ1) is 69.6. The van der Waals surface area contributed by atoms with E-state index in [9.17, 15) is 0 Å². The third kappa shape index (κ3) is 14.8. The highest BCUT2D eigenvalue weighted by Crippen LogP contribution is 2.46. The van der Waals surface area contributed by atoms with Crippen LogP contribution < -0.4 is 18.3 Å². The van der Waals surface area contributed by atoms with Crippen molar-refractivity contribution in [2.24, 2.45) is 28.2 Å². The Hall–Kier alpha value is -10.7. The topological polar surface area (TPSA) is 120 Å². The number of pyridine rings is 8. The molecule has 19 rings (SSSR count). The minimum Gasteiger partial charge on any atom is -0.437 e. The van der Waals surface area contributed by atoms with Crippen LogP contribution in [0.1, 0.15) is 262 Å². The highest BCUT2D eigenvalue weighted by atomic mass is 16.4. The van der Waals surface area contributed by atoms with Gasteiger partial charge in [-0.1, -0.05) is 142 Å². The second-order valence-electron chi connectivity index (χ2n) is 33.7. The van der Waals surface area contributed by atoms with Gasteiger partial charge in [-0.05, 0) is 235 Å². The predicted molar refractivity (Wildman–Crippen MR) is 475 cm³/mol. The van der Waals surface area contributed by atoms with Crippen LogP contribution in [0.5, 0.6) is 0 Å². The Kier molecular flexibility index (Phi) is 19.6. The van der Waals surface area contributed by atoms with Gasteiger partial charge in [-0.3, -0.25) is 0 Å². The molecule has 0 unspecified atom stereocenters. The van der Waals surface area contributed by atoms with Gasteiger partial charge in [-0.25, -0.2) is 38.2 Å². The highest BCUT2D eigenvalue weighted by molar-refractivity contribution is 6.12. The van der Waals surface area contributed by atoms with Crippen LogP contribution in [0.25, 0.3) is 133 Å². The van der Waals surface area contributed by atoms with Crippen LogP contribution in [0.3, 0.4) is 0 Å². The first-order valence-electron chi connectivity index (χ1n) is 46.5. The quantitative estimate of drug-likeness (QED) is 0.105. The van der Waals surface area contributed by atoms with Crippen molar-refractivity contribution in [2.75, 3.05) is 0 Å². The summed E-state index contributed by atoms with van der Waals surface area (Å²) in [6.07, 6.45) is 23.7. The molecule has 3 aliphatic carbocycles. The zero-order valence-corrected chi connectivity index (χ0v) is 71.1. The lowest BCUT2D eigenvalue weighted by atomic mass is 9.91. The summed E-state index contributed by atoms with van der Waals surface area (Å²) in [7, 11) is 8.04. The van der Waals surface area contributed by atoms with Crippen molar-refractivity contribution in [1.29, 1.82) is 0 Å². The molecular formula is C104H118N8O4+4. The number of aryl methyl sites for hydroxylation is 15. The molecule has 3 fully saturated rings. The molecule has 0 spiro atoms. The first-order valence-corrected chi connectivity index (χ1v) is 42.5. The summed E-state index contributed by atoms with van der Waals surface area (Å²) in [5, 5.41) is 8.38. The minimum atomic E-state index is -2.28. The lowest BCUT2D eigenvalue weighted by Gasteiger charge is -2.14. The Morgan fingerprint density at radius 3 is 1.03 bits per heavy atom. The van der Waals surface area contributed by atoms with Crippen LogP contribution in [-0.4, -0.2) is 19.9 Å². The Morgan fingerprint density at radius 2 is 0.672 bits per heavy atom. The van der Waals surface area contributed by atoms with E-state index in [1.54, 1.807) is 12.4 Å². The van der Waals surface area contributed by atoms with Gasteiger partial charge in [0.25, 0.3) is 0 Å². The van der Waals surface area contributed by atoms with Gasteiger partial charge >= 0.3 is 0 Å². The maximum absolute atomic E-state index is 9.15. The molecule has 116 heavy (non-hydrogen) atoms. The smallest absolute Gasteiger partial charge is 0.227 e. The maximum atomic E-state index is 9.15. The molecule has 12 aromatic heterocycles. The number of fused-ring (bicyclic) bond motifs is 12. The van der Waals surface area contributed by atoms with Crippen molar-refractivity contribution in [3.05, 3.63) is 236 Å². The monoisotopic (exact) mass is 1550 g/mol. The molecule has 4 aromatic carbocycles. The summed E-state index contributed by atoms with van der Waals surface area (Å²) in [5.41, 5.74) is 30.5. The molecule has 594 valence electrons. The lowest BCUT2D eigenvalue weighted by Crippen LogP contribution is -2.32. The van der Waals surface area contributed by atoms with E-state index in [-0.39, 0.29) is 11.1 Å². The van der Waals surface area contributed by atoms with Crippen LogP contribution in [0.4, 0.5) is 0 Å². The fourth-order valence-corrected chi connectivity index (χ4v) is 18.5. The van der Waals surface area contributed by atoms with Crippen LogP contribution in [-0.2, 0) is 53.9 Å². The van der Waals surface area contributed by atoms with E-state index in [2.05, 4.69) is 220 Å². The molecule has 0 N–H and O–H groups in total. The number of furan rings is 4. The molecule has 16 aromatic rings. The lowest BCUT2D eigenvalue weighted by molar-refractivity contribution is -0.661. The van der Waals surface area contributed by atoms with Crippen LogP contribution in [0.2, 0.25) is 0 Å². The van der Waals surface area contributed by atoms with Gasteiger partial charge in [-0.2, -0.15) is 0 Å². The third-order valence-electron chi connectivity index (χ3n) is 25.2. The van der Waals surface area contributed by atoms with Gasteiger partial charge in [0.2, 0.25) is 45.6 Å². The minimum absolute atomic E-state index is 0.272. The van der Waals surface area contributed by atoms with Gasteiger partial charge in [-0.15, -0.1) is 0 Å². The fourth-order valence-electron chi connectivity index (χ4n) is 18.5. The van der Waals surface area contributed by atoms with Crippen molar-refractivity contribution in [2.45, 2.75) is 236 Å². The first-order chi connectivity index (χ1) is 59.1. The molecule has 12 heterocycles. The number of aromatic nitrogens is 8. The third-order valence-corrected chi connectivity index (χ3v) is 25.2. The Bertz CT molecular complexity index is 6840. The van der Waals surface area contributed by atoms with Crippen molar-refractivity contribution < 1.29 is 46.9 Å². The Balaban J connectivity index is 0.000000123. The number of hydrogen-bond donors (Lipinski definition) is 0. The predicted octanol–water partition coefficient (Wildman–Crippen LogP) is 25.5. The van der Waals surface area contributed by atoms with Crippen LogP contribution in [0.15, 0.2) is 164 Å². The second kappa shape index (κ2) is 32.8. The van der Waals surface area contributed by atoms with Gasteiger partial charge in [0.1, 0.15) is 28.2 Å². The summed E-state index contributed by atoms with van der Waals surface area (Å²) >= 11 is 0.